The monoisotopic (exact) mass is 431 g/mol. The van der Waals surface area contributed by atoms with Gasteiger partial charge in [-0.2, -0.15) is 0 Å². The minimum absolute atomic E-state index is 0.0699. The van der Waals surface area contributed by atoms with Crippen molar-refractivity contribution in [1.29, 1.82) is 0 Å². The van der Waals surface area contributed by atoms with Crippen molar-refractivity contribution in [2.45, 2.75) is 13.2 Å². The fourth-order valence-electron chi connectivity index (χ4n) is 2.81. The SMILES string of the molecule is Cn1ccnc1COc1ccc(C(=O)C=Cc2ccc(OCc3cscn3)cc2)cc1. The number of hydrogen-bond acceptors (Lipinski definition) is 6. The summed E-state index contributed by atoms with van der Waals surface area (Å²) in [6, 6.07) is 14.7. The number of ether oxygens (including phenoxy) is 2. The van der Waals surface area contributed by atoms with Crippen molar-refractivity contribution in [1.82, 2.24) is 14.5 Å². The maximum absolute atomic E-state index is 12.4. The predicted octanol–water partition coefficient (Wildman–Crippen LogP) is 4.93. The van der Waals surface area contributed by atoms with Crippen molar-refractivity contribution in [3.8, 4) is 11.5 Å². The van der Waals surface area contributed by atoms with Gasteiger partial charge in [-0.15, -0.1) is 11.3 Å². The summed E-state index contributed by atoms with van der Waals surface area (Å²) in [5.41, 5.74) is 4.22. The van der Waals surface area contributed by atoms with E-state index in [0.717, 1.165) is 22.8 Å². The van der Waals surface area contributed by atoms with E-state index in [1.54, 1.807) is 59.5 Å². The molecule has 0 bridgehead atoms. The molecule has 0 N–H and O–H groups in total. The predicted molar refractivity (Wildman–Crippen MR) is 120 cm³/mol. The maximum atomic E-state index is 12.4. The molecule has 0 fully saturated rings. The van der Waals surface area contributed by atoms with Crippen LogP contribution in [0.4, 0.5) is 0 Å². The van der Waals surface area contributed by atoms with Crippen molar-refractivity contribution >= 4 is 23.2 Å². The van der Waals surface area contributed by atoms with Gasteiger partial charge >= 0.3 is 0 Å². The first kappa shape index (κ1) is 20.6. The molecular formula is C24H21N3O3S. The summed E-state index contributed by atoms with van der Waals surface area (Å²) in [6.45, 7) is 0.818. The fraction of sp³-hybridized carbons (Fsp3) is 0.125. The third-order valence-corrected chi connectivity index (χ3v) is 5.24. The minimum Gasteiger partial charge on any atom is -0.487 e. The summed E-state index contributed by atoms with van der Waals surface area (Å²) in [5.74, 6) is 2.22. The number of allylic oxidation sites excluding steroid dienone is 1. The first-order valence-electron chi connectivity index (χ1n) is 9.69. The first-order chi connectivity index (χ1) is 15.2. The van der Waals surface area contributed by atoms with Crippen LogP contribution in [0.1, 0.15) is 27.4 Å². The van der Waals surface area contributed by atoms with Gasteiger partial charge < -0.3 is 14.0 Å². The molecule has 6 nitrogen and oxygen atoms in total. The standard InChI is InChI=1S/C24H21N3O3S/c1-27-13-12-25-24(27)15-30-22-9-5-19(6-10-22)23(28)11-4-18-2-7-21(8-3-18)29-14-20-16-31-17-26-20/h2-13,16-17H,14-15H2,1H3. The molecule has 0 saturated carbocycles. The lowest BCUT2D eigenvalue weighted by Gasteiger charge is -2.06. The van der Waals surface area contributed by atoms with E-state index < -0.39 is 0 Å². The van der Waals surface area contributed by atoms with Crippen molar-refractivity contribution in [3.63, 3.8) is 0 Å². The number of imidazole rings is 1. The van der Waals surface area contributed by atoms with Crippen LogP contribution in [0.25, 0.3) is 6.08 Å². The average Bonchev–Trinajstić information content (AvgIpc) is 3.47. The Bertz CT molecular complexity index is 1150. The Morgan fingerprint density at radius 2 is 1.71 bits per heavy atom. The van der Waals surface area contributed by atoms with Crippen molar-refractivity contribution in [2.75, 3.05) is 0 Å². The maximum Gasteiger partial charge on any atom is 0.185 e. The Kier molecular flexibility index (Phi) is 6.54. The molecule has 2 aromatic carbocycles. The Morgan fingerprint density at radius 3 is 2.35 bits per heavy atom. The van der Waals surface area contributed by atoms with E-state index >= 15 is 0 Å². The number of thiazole rings is 1. The molecule has 4 aromatic rings. The number of aryl methyl sites for hydroxylation is 1. The van der Waals surface area contributed by atoms with Gasteiger partial charge in [0.2, 0.25) is 0 Å². The average molecular weight is 432 g/mol. The molecule has 156 valence electrons. The van der Waals surface area contributed by atoms with Crippen LogP contribution in [0.5, 0.6) is 11.5 Å². The summed E-state index contributed by atoms with van der Waals surface area (Å²) < 4.78 is 13.3. The molecule has 2 aromatic heterocycles. The van der Waals surface area contributed by atoms with Gasteiger partial charge in [-0.3, -0.25) is 4.79 Å². The van der Waals surface area contributed by atoms with Gasteiger partial charge in [-0.1, -0.05) is 18.2 Å². The molecule has 4 rings (SSSR count). The molecule has 0 saturated heterocycles. The van der Waals surface area contributed by atoms with Gasteiger partial charge in [0.1, 0.15) is 30.5 Å². The van der Waals surface area contributed by atoms with Crippen LogP contribution >= 0.6 is 11.3 Å². The second kappa shape index (κ2) is 9.86. The van der Waals surface area contributed by atoms with Crippen LogP contribution in [0.15, 0.2) is 77.9 Å². The van der Waals surface area contributed by atoms with Crippen molar-refractivity contribution < 1.29 is 14.3 Å². The van der Waals surface area contributed by atoms with Gasteiger partial charge in [0.25, 0.3) is 0 Å². The number of ketones is 1. The van der Waals surface area contributed by atoms with Gasteiger partial charge in [-0.05, 0) is 48.0 Å². The van der Waals surface area contributed by atoms with Gasteiger partial charge in [-0.25, -0.2) is 9.97 Å². The summed E-state index contributed by atoms with van der Waals surface area (Å²) in [5, 5.41) is 1.96. The lowest BCUT2D eigenvalue weighted by Crippen LogP contribution is -2.03. The van der Waals surface area contributed by atoms with E-state index in [4.69, 9.17) is 9.47 Å². The lowest BCUT2D eigenvalue weighted by molar-refractivity contribution is 0.104. The number of carbonyl (C=O) groups excluding carboxylic acids is 1. The molecule has 0 aliphatic heterocycles. The number of benzene rings is 2. The smallest absolute Gasteiger partial charge is 0.185 e. The van der Waals surface area contributed by atoms with E-state index in [0.29, 0.717) is 24.5 Å². The molecular weight excluding hydrogens is 410 g/mol. The zero-order valence-electron chi connectivity index (χ0n) is 17.0. The third kappa shape index (κ3) is 5.67. The van der Waals surface area contributed by atoms with Crippen LogP contribution in [-0.4, -0.2) is 20.3 Å². The molecule has 0 unspecified atom stereocenters. The molecule has 31 heavy (non-hydrogen) atoms. The second-order valence-corrected chi connectivity index (χ2v) is 7.52. The second-order valence-electron chi connectivity index (χ2n) is 6.80. The van der Waals surface area contributed by atoms with E-state index in [-0.39, 0.29) is 5.78 Å². The summed E-state index contributed by atoms with van der Waals surface area (Å²) >= 11 is 1.54. The van der Waals surface area contributed by atoms with Crippen LogP contribution in [-0.2, 0) is 20.3 Å². The van der Waals surface area contributed by atoms with Crippen LogP contribution in [0, 0.1) is 0 Å². The summed E-state index contributed by atoms with van der Waals surface area (Å²) in [4.78, 5) is 20.9. The topological polar surface area (TPSA) is 66.2 Å². The van der Waals surface area contributed by atoms with E-state index in [2.05, 4.69) is 9.97 Å². The quantitative estimate of drug-likeness (QED) is 0.278. The molecule has 2 heterocycles. The number of nitrogens with zero attached hydrogens (tertiary/aromatic N) is 3. The van der Waals surface area contributed by atoms with Crippen LogP contribution < -0.4 is 9.47 Å². The number of carbonyl (C=O) groups is 1. The summed E-state index contributed by atoms with van der Waals surface area (Å²) in [7, 11) is 1.92. The fourth-order valence-corrected chi connectivity index (χ4v) is 3.35. The van der Waals surface area contributed by atoms with Gasteiger partial charge in [0.05, 0.1) is 11.2 Å². The highest BCUT2D eigenvalue weighted by atomic mass is 32.1. The van der Waals surface area contributed by atoms with Gasteiger partial charge in [0, 0.05) is 30.4 Å². The molecule has 0 spiro atoms. The first-order valence-corrected chi connectivity index (χ1v) is 10.6. The normalized spacial score (nSPS) is 11.0. The molecule has 0 amide bonds. The Hall–Kier alpha value is -3.71. The van der Waals surface area contributed by atoms with E-state index in [1.807, 2.05) is 47.5 Å². The van der Waals surface area contributed by atoms with E-state index in [1.165, 1.54) is 0 Å². The highest BCUT2D eigenvalue weighted by Gasteiger charge is 2.04. The molecule has 0 aliphatic carbocycles. The number of rotatable bonds is 9. The Labute approximate surface area is 184 Å². The molecule has 0 radical (unpaired) electrons. The highest BCUT2D eigenvalue weighted by molar-refractivity contribution is 7.07. The Morgan fingerprint density at radius 1 is 1.00 bits per heavy atom. The van der Waals surface area contributed by atoms with Crippen LogP contribution in [0.3, 0.4) is 0 Å². The number of aromatic nitrogens is 3. The van der Waals surface area contributed by atoms with E-state index in [9.17, 15) is 4.79 Å². The number of hydrogen-bond donors (Lipinski definition) is 0. The van der Waals surface area contributed by atoms with Crippen molar-refractivity contribution in [2.24, 2.45) is 7.05 Å². The summed E-state index contributed by atoms with van der Waals surface area (Å²) in [6.07, 6.45) is 6.96. The Balaban J connectivity index is 1.29. The molecule has 0 aliphatic rings. The molecule has 0 atom stereocenters. The van der Waals surface area contributed by atoms with Gasteiger partial charge in [0.15, 0.2) is 5.78 Å². The molecule has 7 heteroatoms. The third-order valence-electron chi connectivity index (χ3n) is 4.61. The lowest BCUT2D eigenvalue weighted by atomic mass is 10.1. The minimum atomic E-state index is -0.0699. The van der Waals surface area contributed by atoms with Crippen molar-refractivity contribution in [3.05, 3.63) is 101 Å². The van der Waals surface area contributed by atoms with Crippen LogP contribution in [0.2, 0.25) is 0 Å². The zero-order chi connectivity index (χ0) is 21.5. The zero-order valence-corrected chi connectivity index (χ0v) is 17.8. The largest absolute Gasteiger partial charge is 0.487 e. The highest BCUT2D eigenvalue weighted by Crippen LogP contribution is 2.17.